The van der Waals surface area contributed by atoms with Crippen molar-refractivity contribution in [3.05, 3.63) is 275 Å². The summed E-state index contributed by atoms with van der Waals surface area (Å²) in [7, 11) is 5.83. The quantitative estimate of drug-likeness (QED) is 0.0310. The second-order valence-corrected chi connectivity index (χ2v) is 37.6. The first kappa shape index (κ1) is 98.5. The van der Waals surface area contributed by atoms with Gasteiger partial charge in [0.2, 0.25) is 23.8 Å². The Morgan fingerprint density at radius 1 is 0.384 bits per heavy atom. The second kappa shape index (κ2) is 43.2. The molecule has 11 heterocycles. The molecule has 23 rings (SSSR count). The number of methoxy groups -OCH3 is 4. The number of hydrogen-bond donors (Lipinski definition) is 8. The Balaban J connectivity index is 0.000000119. The van der Waals surface area contributed by atoms with Crippen molar-refractivity contribution in [2.75, 3.05) is 109 Å². The summed E-state index contributed by atoms with van der Waals surface area (Å²) in [5.41, 5.74) is 17.5. The van der Waals surface area contributed by atoms with Crippen molar-refractivity contribution in [1.82, 2.24) is 65.6 Å². The zero-order valence-electron chi connectivity index (χ0n) is 81.5. The molecule has 0 radical (unpaired) electrons. The van der Waals surface area contributed by atoms with Crippen LogP contribution in [0.5, 0.6) is 40.2 Å². The van der Waals surface area contributed by atoms with Crippen LogP contribution in [0.4, 0.5) is 81.8 Å². The molecule has 25 nitrogen and oxygen atoms in total. The lowest BCUT2D eigenvalue weighted by Crippen LogP contribution is -2.39. The van der Waals surface area contributed by atoms with E-state index < -0.39 is 29.6 Å². The number of hydrogen-bond acceptors (Lipinski definition) is 24. The van der Waals surface area contributed by atoms with Crippen LogP contribution in [0.2, 0.25) is 0 Å². The van der Waals surface area contributed by atoms with Gasteiger partial charge in [0.25, 0.3) is 0 Å². The number of piperidine rings is 3. The molecular formula is C113H111F8N17O8. The number of nitrogens with one attached hydrogen (secondary N) is 7. The van der Waals surface area contributed by atoms with E-state index in [9.17, 15) is 40.2 Å². The number of aliphatic hydroxyl groups is 1. The summed E-state index contributed by atoms with van der Waals surface area (Å²) in [5.74, 6) is 7.34. The van der Waals surface area contributed by atoms with Crippen molar-refractivity contribution >= 4 is 90.3 Å². The van der Waals surface area contributed by atoms with Gasteiger partial charge in [-0.1, -0.05) is 110 Å². The summed E-state index contributed by atoms with van der Waals surface area (Å²) < 4.78 is 149. The molecule has 33 heteroatoms. The average Bonchev–Trinajstić information content (AvgIpc) is 1.54. The van der Waals surface area contributed by atoms with Crippen LogP contribution in [0.25, 0.3) is 88.1 Å². The summed E-state index contributed by atoms with van der Waals surface area (Å²) in [6, 6.07) is 53.5. The van der Waals surface area contributed by atoms with Gasteiger partial charge in [-0.25, -0.2) is 53.3 Å². The molecule has 7 aliphatic rings. The summed E-state index contributed by atoms with van der Waals surface area (Å²) >= 11 is 0. The van der Waals surface area contributed by atoms with E-state index in [0.717, 1.165) is 215 Å². The molecule has 0 amide bonds. The fourth-order valence-electron chi connectivity index (χ4n) is 21.1. The number of ether oxygens (including phenoxy) is 7. The highest BCUT2D eigenvalue weighted by Crippen LogP contribution is 2.50. The lowest BCUT2D eigenvalue weighted by atomic mass is 9.84. The third kappa shape index (κ3) is 21.1. The highest BCUT2D eigenvalue weighted by Gasteiger charge is 2.37. The maximum Gasteiger partial charge on any atom is 0.416 e. The topological polar surface area (TPSA) is 290 Å². The Morgan fingerprint density at radius 2 is 0.767 bits per heavy atom. The largest absolute Gasteiger partial charge is 0.496 e. The van der Waals surface area contributed by atoms with Gasteiger partial charge in [0, 0.05) is 163 Å². The number of aromatic nitrogens is 10. The first-order valence-electron chi connectivity index (χ1n) is 49.6. The van der Waals surface area contributed by atoms with Crippen LogP contribution in [0, 0.1) is 11.6 Å². The second-order valence-electron chi connectivity index (χ2n) is 37.6. The molecule has 11 aromatic carbocycles. The molecule has 6 aliphatic heterocycles. The summed E-state index contributed by atoms with van der Waals surface area (Å²) in [5, 5.41) is 42.2. The number of alkyl halides is 6. The van der Waals surface area contributed by atoms with Gasteiger partial charge in [0.1, 0.15) is 57.7 Å². The number of aliphatic hydroxyl groups excluding tert-OH is 1. The molecule has 1 saturated carbocycles. The summed E-state index contributed by atoms with van der Waals surface area (Å²) in [6.45, 7) is 11.7. The number of benzene rings is 11. The number of rotatable bonds is 21. The van der Waals surface area contributed by atoms with Crippen molar-refractivity contribution in [2.24, 2.45) is 0 Å². The Kier molecular flexibility index (Phi) is 29.1. The van der Waals surface area contributed by atoms with Crippen LogP contribution in [0.1, 0.15) is 158 Å². The molecule has 2 unspecified atom stereocenters. The number of para-hydroxylation sites is 4. The van der Waals surface area contributed by atoms with E-state index in [1.165, 1.54) is 105 Å². The van der Waals surface area contributed by atoms with Gasteiger partial charge in [-0.05, 0) is 205 Å². The van der Waals surface area contributed by atoms with E-state index in [0.29, 0.717) is 118 Å². The number of nitrogens with zero attached hydrogens (tertiary/aromatic N) is 10. The standard InChI is InChI=1S/C29H27F3N4O3.C29H27F3N4O2.C28H27FN4O2.C27H30FN5O/c1-38-25-13-17(29(30,31)32)5-6-20(25)21-4-2-3-16-14-34-28(36-26(16)21)35-23-8-7-18(22-10-12-39-27(22)23)19-9-11-33-15-24(19)37;1-37-25-15-19(29(30,31)32)5-6-21(25)22-4-2-3-18-16-34-28(36-26(18)22)35-24-8-7-20(17-9-12-33-13-10-17)23-11-14-38-27(23)24;1-34-25-8-5-19(29)15-23(25)21-4-2-3-18-16-31-28(33-26(18)21)32-24-7-6-20(17-9-12-30-13-10-17)22-11-14-35-27(22)24;1-17(2)33-25(15-23(32-33)18-8-5-4-6-9-18)30-27-29-16-19-10-7-11-22(26(19)31-27)21-13-12-20(28)14-24(21)34-3/h2-8,13-14,19,24,33,37H,9-12,15H2,1H3,(H,34,35,36);2-8,15-17,33H,9-14H2,1H3,(H,34,35,36);2-8,15-17,30H,9-14H2,1H3,(H,31,32,33);7,10-18H,4-6,8-9H2,1-3H3,(H,29,30,31). The summed E-state index contributed by atoms with van der Waals surface area (Å²) in [6.07, 6.45) is 11.8. The van der Waals surface area contributed by atoms with Crippen molar-refractivity contribution in [3.8, 4) is 84.8 Å². The van der Waals surface area contributed by atoms with Gasteiger partial charge < -0.3 is 75.5 Å². The molecule has 4 fully saturated rings. The normalized spacial score (nSPS) is 16.3. The SMILES string of the molecule is COc1cc(C(F)(F)F)ccc1-c1cccc2cnc(Nc3ccc(C4CCNCC4)c4c3OCC4)nc12.COc1cc(C(F)(F)F)ccc1-c1cccc2cnc(Nc3ccc(C4CCNCC4O)c4c3OCC4)nc12.COc1cc(F)ccc1-c1cccc2cnc(Nc3cc(C4CCCCC4)nn3C(C)C)nc12.COc1ccc(F)cc1-c1cccc2cnc(Nc3ccc(C4CCNCC4)c4c3OCC4)nc12. The first-order chi connectivity index (χ1) is 71.0. The maximum atomic E-state index is 14.1. The van der Waals surface area contributed by atoms with Gasteiger partial charge in [-0.15, -0.1) is 0 Å². The minimum Gasteiger partial charge on any atom is -0.496 e. The summed E-state index contributed by atoms with van der Waals surface area (Å²) in [4.78, 5) is 37.3. The number of β-amino-alcohol motifs (C(OH)–C–C–N with tert-alkyl or cyclic N) is 1. The van der Waals surface area contributed by atoms with Crippen LogP contribution in [-0.4, -0.2) is 148 Å². The maximum absolute atomic E-state index is 14.1. The molecule has 752 valence electrons. The predicted octanol–water partition coefficient (Wildman–Crippen LogP) is 24.5. The van der Waals surface area contributed by atoms with E-state index in [4.69, 9.17) is 58.2 Å². The molecule has 146 heavy (non-hydrogen) atoms. The monoisotopic (exact) mass is 1990 g/mol. The highest BCUT2D eigenvalue weighted by molar-refractivity contribution is 5.99. The van der Waals surface area contributed by atoms with Gasteiger partial charge >= 0.3 is 12.4 Å². The van der Waals surface area contributed by atoms with Crippen molar-refractivity contribution in [2.45, 2.75) is 145 Å². The Morgan fingerprint density at radius 3 is 1.18 bits per heavy atom. The molecule has 0 bridgehead atoms. The Labute approximate surface area is 838 Å². The molecule has 3 saturated heterocycles. The number of fused-ring (bicyclic) bond motifs is 7. The van der Waals surface area contributed by atoms with E-state index in [1.807, 2.05) is 89.7 Å². The lowest BCUT2D eigenvalue weighted by Gasteiger charge is -2.30. The van der Waals surface area contributed by atoms with E-state index >= 15 is 0 Å². The van der Waals surface area contributed by atoms with Crippen LogP contribution in [-0.2, 0) is 31.6 Å². The third-order valence-electron chi connectivity index (χ3n) is 28.3. The van der Waals surface area contributed by atoms with Crippen molar-refractivity contribution in [1.29, 1.82) is 0 Å². The van der Waals surface area contributed by atoms with Gasteiger partial charge in [-0.3, -0.25) is 0 Å². The Bertz CT molecular complexity index is 7500. The Hall–Kier alpha value is -14.9. The first-order valence-corrected chi connectivity index (χ1v) is 49.6. The van der Waals surface area contributed by atoms with Crippen LogP contribution < -0.4 is 70.4 Å². The van der Waals surface area contributed by atoms with Crippen molar-refractivity contribution < 1.29 is 73.4 Å². The van der Waals surface area contributed by atoms with Crippen molar-refractivity contribution in [3.63, 3.8) is 0 Å². The lowest BCUT2D eigenvalue weighted by molar-refractivity contribution is -0.138. The molecule has 2 atom stereocenters. The minimum atomic E-state index is -4.48. The van der Waals surface area contributed by atoms with Crippen LogP contribution in [0.15, 0.2) is 213 Å². The molecule has 16 aromatic rings. The minimum absolute atomic E-state index is 0.0499. The van der Waals surface area contributed by atoms with Gasteiger partial charge in [-0.2, -0.15) is 31.4 Å². The molecule has 5 aromatic heterocycles. The number of anilines is 8. The fourth-order valence-corrected chi connectivity index (χ4v) is 21.1. The third-order valence-corrected chi connectivity index (χ3v) is 28.3. The zero-order valence-corrected chi connectivity index (χ0v) is 81.5. The molecule has 8 N–H and O–H groups in total. The predicted molar refractivity (Wildman–Crippen MR) is 550 cm³/mol. The number of halogens is 8. The van der Waals surface area contributed by atoms with Gasteiger partial charge in [0.15, 0.2) is 0 Å². The fraction of sp³-hybridized carbons (Fsp3) is 0.319. The van der Waals surface area contributed by atoms with E-state index in [1.54, 1.807) is 57.1 Å². The molecule has 1 aliphatic carbocycles. The van der Waals surface area contributed by atoms with E-state index in [2.05, 4.69) is 95.3 Å². The molecule has 0 spiro atoms. The zero-order chi connectivity index (χ0) is 101. The smallest absolute Gasteiger partial charge is 0.416 e. The van der Waals surface area contributed by atoms with Crippen LogP contribution >= 0.6 is 0 Å². The molecular weight excluding hydrogens is 1880 g/mol. The van der Waals surface area contributed by atoms with E-state index in [-0.39, 0.29) is 35.1 Å². The van der Waals surface area contributed by atoms with Crippen LogP contribution in [0.3, 0.4) is 0 Å². The highest BCUT2D eigenvalue weighted by atomic mass is 19.4. The van der Waals surface area contributed by atoms with Gasteiger partial charge in [0.05, 0.1) is 110 Å². The average molecular weight is 1990 g/mol.